The Morgan fingerprint density at radius 1 is 1.33 bits per heavy atom. The molecule has 4 heteroatoms. The van der Waals surface area contributed by atoms with Crippen molar-refractivity contribution in [3.63, 3.8) is 0 Å². The first kappa shape index (κ1) is 14.1. The highest BCUT2D eigenvalue weighted by Crippen LogP contribution is 2.06. The molecule has 0 rings (SSSR count). The smallest absolute Gasteiger partial charge is 0.313 e. The largest absolute Gasteiger partial charge is 0.465 e. The van der Waals surface area contributed by atoms with Gasteiger partial charge in [-0.2, -0.15) is 0 Å². The van der Waals surface area contributed by atoms with E-state index in [-0.39, 0.29) is 18.9 Å². The second-order valence-electron chi connectivity index (χ2n) is 3.98. The molecule has 0 saturated heterocycles. The predicted octanol–water partition coefficient (Wildman–Crippen LogP) is 2.28. The quantitative estimate of drug-likeness (QED) is 0.486. The highest BCUT2D eigenvalue weighted by molar-refractivity contribution is 5.97. The Morgan fingerprint density at radius 3 is 2.40 bits per heavy atom. The van der Waals surface area contributed by atoms with E-state index in [1.54, 1.807) is 6.92 Å². The number of alkyl halides is 1. The minimum Gasteiger partial charge on any atom is -0.465 e. The van der Waals surface area contributed by atoms with Crippen LogP contribution in [0.1, 0.15) is 40.0 Å². The first-order chi connectivity index (χ1) is 6.97. The lowest BCUT2D eigenvalue weighted by Gasteiger charge is -2.08. The molecule has 88 valence electrons. The zero-order valence-corrected chi connectivity index (χ0v) is 9.59. The summed E-state index contributed by atoms with van der Waals surface area (Å²) < 4.78 is 17.8. The van der Waals surface area contributed by atoms with Crippen LogP contribution in [0.3, 0.4) is 0 Å². The van der Waals surface area contributed by atoms with Crippen molar-refractivity contribution >= 4 is 11.8 Å². The van der Waals surface area contributed by atoms with E-state index in [0.717, 1.165) is 0 Å². The molecule has 0 saturated carbocycles. The zero-order valence-electron chi connectivity index (χ0n) is 9.59. The highest BCUT2D eigenvalue weighted by atomic mass is 19.1. The van der Waals surface area contributed by atoms with Crippen LogP contribution >= 0.6 is 0 Å². The summed E-state index contributed by atoms with van der Waals surface area (Å²) in [5, 5.41) is 0. The van der Waals surface area contributed by atoms with Crippen molar-refractivity contribution in [3.05, 3.63) is 0 Å². The lowest BCUT2D eigenvalue weighted by Crippen LogP contribution is -2.21. The van der Waals surface area contributed by atoms with Gasteiger partial charge in [-0.1, -0.05) is 27.2 Å². The number of hydrogen-bond donors (Lipinski definition) is 0. The number of Topliss-reactive ketones (excluding diaryl/α,β-unsaturated/α-hetero) is 1. The van der Waals surface area contributed by atoms with Gasteiger partial charge in [0.25, 0.3) is 0 Å². The number of rotatable bonds is 7. The van der Waals surface area contributed by atoms with Gasteiger partial charge in [0.2, 0.25) is 0 Å². The molecule has 0 heterocycles. The number of carbonyl (C=O) groups is 2. The molecular weight excluding hydrogens is 199 g/mol. The zero-order chi connectivity index (χ0) is 11.8. The fourth-order valence-electron chi connectivity index (χ4n) is 0.978. The second kappa shape index (κ2) is 7.37. The molecule has 0 amide bonds. The lowest BCUT2D eigenvalue weighted by atomic mass is 10.1. The third-order valence-electron chi connectivity index (χ3n) is 1.79. The van der Waals surface area contributed by atoms with Gasteiger partial charge in [-0.05, 0) is 12.3 Å². The molecule has 0 aliphatic carbocycles. The minimum absolute atomic E-state index is 0.177. The van der Waals surface area contributed by atoms with Gasteiger partial charge in [-0.25, -0.2) is 4.39 Å². The number of esters is 1. The number of ketones is 1. The van der Waals surface area contributed by atoms with Crippen LogP contribution in [-0.4, -0.2) is 24.5 Å². The van der Waals surface area contributed by atoms with E-state index in [9.17, 15) is 14.0 Å². The van der Waals surface area contributed by atoms with Crippen LogP contribution in [-0.2, 0) is 14.3 Å². The molecule has 0 bridgehead atoms. The first-order valence-corrected chi connectivity index (χ1v) is 5.29. The number of carbonyl (C=O) groups excluding carboxylic acids is 2. The first-order valence-electron chi connectivity index (χ1n) is 5.29. The topological polar surface area (TPSA) is 43.4 Å². The fourth-order valence-corrected chi connectivity index (χ4v) is 0.978. The molecule has 3 nitrogen and oxygen atoms in total. The molecule has 0 aromatic rings. The normalized spacial score (nSPS) is 12.6. The number of hydrogen-bond acceptors (Lipinski definition) is 3. The second-order valence-corrected chi connectivity index (χ2v) is 3.98. The van der Waals surface area contributed by atoms with Crippen LogP contribution in [0.4, 0.5) is 4.39 Å². The average Bonchev–Trinajstić information content (AvgIpc) is 2.15. The van der Waals surface area contributed by atoms with Crippen LogP contribution < -0.4 is 0 Å². The van der Waals surface area contributed by atoms with Crippen LogP contribution in [0.25, 0.3) is 0 Å². The molecule has 0 aromatic heterocycles. The Bertz CT molecular complexity index is 214. The highest BCUT2D eigenvalue weighted by Gasteiger charge is 2.20. The van der Waals surface area contributed by atoms with Crippen LogP contribution in [0, 0.1) is 5.92 Å². The maximum absolute atomic E-state index is 13.0. The molecule has 0 spiro atoms. The summed E-state index contributed by atoms with van der Waals surface area (Å²) in [5.74, 6) is -1.08. The Kier molecular flexibility index (Phi) is 6.92. The van der Waals surface area contributed by atoms with Crippen molar-refractivity contribution in [2.24, 2.45) is 5.92 Å². The molecule has 0 fully saturated rings. The standard InChI is InChI=1S/C11H19FO3/c1-4-5-9(12)10(13)6-11(14)15-7-8(2)3/h8-9H,4-7H2,1-3H3. The summed E-state index contributed by atoms with van der Waals surface area (Å²) in [5.41, 5.74) is 0. The van der Waals surface area contributed by atoms with Crippen molar-refractivity contribution in [3.8, 4) is 0 Å². The van der Waals surface area contributed by atoms with Crippen molar-refractivity contribution in [1.29, 1.82) is 0 Å². The summed E-state index contributed by atoms with van der Waals surface area (Å²) in [7, 11) is 0. The van der Waals surface area contributed by atoms with Gasteiger partial charge >= 0.3 is 5.97 Å². The Hall–Kier alpha value is -0.930. The Labute approximate surface area is 90.0 Å². The molecule has 15 heavy (non-hydrogen) atoms. The molecule has 0 N–H and O–H groups in total. The minimum atomic E-state index is -1.53. The fraction of sp³-hybridized carbons (Fsp3) is 0.818. The molecule has 0 aliphatic heterocycles. The van der Waals surface area contributed by atoms with Crippen LogP contribution in [0.5, 0.6) is 0 Å². The monoisotopic (exact) mass is 218 g/mol. The summed E-state index contributed by atoms with van der Waals surface area (Å²) in [6, 6.07) is 0. The Balaban J connectivity index is 3.80. The lowest BCUT2D eigenvalue weighted by molar-refractivity contribution is -0.148. The van der Waals surface area contributed by atoms with Gasteiger partial charge in [0.15, 0.2) is 12.0 Å². The molecule has 0 aliphatic rings. The van der Waals surface area contributed by atoms with Crippen molar-refractivity contribution in [1.82, 2.24) is 0 Å². The number of halogens is 1. The average molecular weight is 218 g/mol. The van der Waals surface area contributed by atoms with Crippen LogP contribution in [0.2, 0.25) is 0 Å². The van der Waals surface area contributed by atoms with Crippen molar-refractivity contribution in [2.75, 3.05) is 6.61 Å². The molecule has 1 atom stereocenters. The van der Waals surface area contributed by atoms with E-state index in [2.05, 4.69) is 0 Å². The van der Waals surface area contributed by atoms with Gasteiger partial charge in [0.05, 0.1) is 6.61 Å². The van der Waals surface area contributed by atoms with E-state index in [1.165, 1.54) is 0 Å². The van der Waals surface area contributed by atoms with Crippen molar-refractivity contribution < 1.29 is 18.7 Å². The van der Waals surface area contributed by atoms with Gasteiger partial charge in [-0.3, -0.25) is 9.59 Å². The maximum Gasteiger partial charge on any atom is 0.313 e. The van der Waals surface area contributed by atoms with Gasteiger partial charge < -0.3 is 4.74 Å². The summed E-state index contributed by atoms with van der Waals surface area (Å²) in [6.45, 7) is 5.85. The summed E-state index contributed by atoms with van der Waals surface area (Å²) in [6.07, 6.45) is -1.21. The summed E-state index contributed by atoms with van der Waals surface area (Å²) in [4.78, 5) is 22.2. The third-order valence-corrected chi connectivity index (χ3v) is 1.79. The Morgan fingerprint density at radius 2 is 1.93 bits per heavy atom. The number of ether oxygens (including phenoxy) is 1. The van der Waals surface area contributed by atoms with E-state index < -0.39 is 24.3 Å². The maximum atomic E-state index is 13.0. The molecule has 0 aromatic carbocycles. The molecule has 1 unspecified atom stereocenters. The summed E-state index contributed by atoms with van der Waals surface area (Å²) >= 11 is 0. The molecular formula is C11H19FO3. The SMILES string of the molecule is CCCC(F)C(=O)CC(=O)OCC(C)C. The molecule has 0 radical (unpaired) electrons. The van der Waals surface area contributed by atoms with E-state index in [1.807, 2.05) is 13.8 Å². The van der Waals surface area contributed by atoms with Gasteiger partial charge in [-0.15, -0.1) is 0 Å². The van der Waals surface area contributed by atoms with Crippen LogP contribution in [0.15, 0.2) is 0 Å². The van der Waals surface area contributed by atoms with E-state index in [4.69, 9.17) is 4.74 Å². The van der Waals surface area contributed by atoms with Crippen molar-refractivity contribution in [2.45, 2.75) is 46.2 Å². The van der Waals surface area contributed by atoms with E-state index >= 15 is 0 Å². The van der Waals surface area contributed by atoms with Gasteiger partial charge in [0, 0.05) is 0 Å². The predicted molar refractivity (Wildman–Crippen MR) is 55.2 cm³/mol. The third kappa shape index (κ3) is 7.05. The van der Waals surface area contributed by atoms with Gasteiger partial charge in [0.1, 0.15) is 6.42 Å². The van der Waals surface area contributed by atoms with E-state index in [0.29, 0.717) is 6.42 Å².